The number of amides is 1. The van der Waals surface area contributed by atoms with E-state index in [-0.39, 0.29) is 5.91 Å². The van der Waals surface area contributed by atoms with Crippen LogP contribution in [0, 0.1) is 12.8 Å². The van der Waals surface area contributed by atoms with Crippen molar-refractivity contribution in [1.82, 2.24) is 5.32 Å². The van der Waals surface area contributed by atoms with Crippen LogP contribution in [-0.4, -0.2) is 12.5 Å². The number of halogens is 1. The summed E-state index contributed by atoms with van der Waals surface area (Å²) in [4.78, 5) is 11.9. The Bertz CT molecular complexity index is 376. The molecule has 0 radical (unpaired) electrons. The van der Waals surface area contributed by atoms with Crippen LogP contribution in [0.15, 0.2) is 22.7 Å². The van der Waals surface area contributed by atoms with Gasteiger partial charge in [-0.2, -0.15) is 0 Å². The number of nitrogens with one attached hydrogen (secondary N) is 1. The fourth-order valence-corrected chi connectivity index (χ4v) is 1.98. The predicted molar refractivity (Wildman–Crippen MR) is 70.7 cm³/mol. The molecule has 0 saturated heterocycles. The number of carbonyl (C=O) groups excluding carboxylic acids is 1. The van der Waals surface area contributed by atoms with Crippen LogP contribution < -0.4 is 5.32 Å². The fourth-order valence-electron chi connectivity index (χ4n) is 1.31. The lowest BCUT2D eigenvalue weighted by atomic mass is 10.1. The molecule has 1 amide bonds. The number of rotatable bonds is 4. The van der Waals surface area contributed by atoms with Gasteiger partial charge in [0.2, 0.25) is 0 Å². The van der Waals surface area contributed by atoms with Crippen molar-refractivity contribution < 1.29 is 4.79 Å². The van der Waals surface area contributed by atoms with Crippen LogP contribution in [0.2, 0.25) is 0 Å². The second-order valence-corrected chi connectivity index (χ2v) is 5.06. The number of hydrogen-bond donors (Lipinski definition) is 1. The molecule has 0 saturated carbocycles. The first kappa shape index (κ1) is 13.2. The molecule has 1 aromatic rings. The molecule has 0 fully saturated rings. The third-order valence-corrected chi connectivity index (χ3v) is 3.33. The first-order chi connectivity index (χ1) is 7.54. The van der Waals surface area contributed by atoms with E-state index in [1.54, 1.807) is 0 Å². The number of benzene rings is 1. The highest BCUT2D eigenvalue weighted by Gasteiger charge is 2.10. The van der Waals surface area contributed by atoms with Crippen LogP contribution in [0.4, 0.5) is 0 Å². The van der Waals surface area contributed by atoms with Crippen LogP contribution in [0.5, 0.6) is 0 Å². The number of hydrogen-bond acceptors (Lipinski definition) is 1. The van der Waals surface area contributed by atoms with Crippen molar-refractivity contribution in [1.29, 1.82) is 0 Å². The molecule has 1 rings (SSSR count). The van der Waals surface area contributed by atoms with Crippen LogP contribution in [0.3, 0.4) is 0 Å². The molecule has 0 spiro atoms. The summed E-state index contributed by atoms with van der Waals surface area (Å²) in [5.41, 5.74) is 1.85. The molecule has 0 aliphatic carbocycles. The Morgan fingerprint density at radius 1 is 1.50 bits per heavy atom. The van der Waals surface area contributed by atoms with Gasteiger partial charge < -0.3 is 5.32 Å². The molecular formula is C13H18BrNO. The van der Waals surface area contributed by atoms with Gasteiger partial charge in [0.15, 0.2) is 0 Å². The van der Waals surface area contributed by atoms with E-state index in [9.17, 15) is 4.79 Å². The molecule has 16 heavy (non-hydrogen) atoms. The Labute approximate surface area is 106 Å². The summed E-state index contributed by atoms with van der Waals surface area (Å²) in [6, 6.07) is 5.76. The van der Waals surface area contributed by atoms with Crippen molar-refractivity contribution in [3.63, 3.8) is 0 Å². The summed E-state index contributed by atoms with van der Waals surface area (Å²) >= 11 is 3.41. The lowest BCUT2D eigenvalue weighted by Crippen LogP contribution is -2.28. The Morgan fingerprint density at radius 2 is 2.19 bits per heavy atom. The van der Waals surface area contributed by atoms with Gasteiger partial charge in [-0.3, -0.25) is 4.79 Å². The molecule has 88 valence electrons. The lowest BCUT2D eigenvalue weighted by molar-refractivity contribution is 0.0947. The second kappa shape index (κ2) is 6.04. The number of carbonyl (C=O) groups is 1. The normalized spacial score (nSPS) is 12.2. The summed E-state index contributed by atoms with van der Waals surface area (Å²) in [6.07, 6.45) is 1.08. The molecule has 1 unspecified atom stereocenters. The van der Waals surface area contributed by atoms with Gasteiger partial charge in [0, 0.05) is 11.0 Å². The van der Waals surface area contributed by atoms with Crippen LogP contribution in [-0.2, 0) is 0 Å². The van der Waals surface area contributed by atoms with E-state index in [1.807, 2.05) is 25.1 Å². The van der Waals surface area contributed by atoms with Crippen molar-refractivity contribution >= 4 is 21.8 Å². The molecular weight excluding hydrogens is 266 g/mol. The highest BCUT2D eigenvalue weighted by molar-refractivity contribution is 9.10. The average molecular weight is 284 g/mol. The van der Waals surface area contributed by atoms with Crippen LogP contribution >= 0.6 is 15.9 Å². The summed E-state index contributed by atoms with van der Waals surface area (Å²) in [7, 11) is 0. The van der Waals surface area contributed by atoms with Gasteiger partial charge in [-0.05, 0) is 46.5 Å². The molecule has 0 heterocycles. The summed E-state index contributed by atoms with van der Waals surface area (Å²) in [6.45, 7) is 6.99. The molecule has 0 aliphatic rings. The highest BCUT2D eigenvalue weighted by atomic mass is 79.9. The van der Waals surface area contributed by atoms with Gasteiger partial charge in [-0.25, -0.2) is 0 Å². The Morgan fingerprint density at radius 3 is 2.75 bits per heavy atom. The lowest BCUT2D eigenvalue weighted by Gasteiger charge is -2.11. The van der Waals surface area contributed by atoms with Crippen molar-refractivity contribution in [3.8, 4) is 0 Å². The van der Waals surface area contributed by atoms with E-state index in [0.717, 1.165) is 23.0 Å². The van der Waals surface area contributed by atoms with Crippen molar-refractivity contribution in [3.05, 3.63) is 33.8 Å². The quantitative estimate of drug-likeness (QED) is 0.900. The first-order valence-corrected chi connectivity index (χ1v) is 6.38. The summed E-state index contributed by atoms with van der Waals surface area (Å²) in [5.74, 6) is 0.514. The zero-order valence-electron chi connectivity index (χ0n) is 10.0. The zero-order chi connectivity index (χ0) is 12.1. The Kier molecular flexibility index (Phi) is 5.00. The zero-order valence-corrected chi connectivity index (χ0v) is 11.6. The van der Waals surface area contributed by atoms with Crippen LogP contribution in [0.25, 0.3) is 0 Å². The predicted octanol–water partition coefficient (Wildman–Crippen LogP) is 3.53. The van der Waals surface area contributed by atoms with Crippen molar-refractivity contribution in [2.75, 3.05) is 6.54 Å². The van der Waals surface area contributed by atoms with E-state index in [2.05, 4.69) is 35.1 Å². The molecule has 0 aromatic heterocycles. The van der Waals surface area contributed by atoms with Gasteiger partial charge in [-0.15, -0.1) is 0 Å². The van der Waals surface area contributed by atoms with E-state index >= 15 is 0 Å². The average Bonchev–Trinajstić information content (AvgIpc) is 2.25. The monoisotopic (exact) mass is 283 g/mol. The minimum atomic E-state index is -0.00725. The minimum Gasteiger partial charge on any atom is -0.352 e. The number of aryl methyl sites for hydroxylation is 1. The van der Waals surface area contributed by atoms with Gasteiger partial charge in [0.05, 0.1) is 5.56 Å². The maximum atomic E-state index is 11.9. The van der Waals surface area contributed by atoms with Gasteiger partial charge in [0.1, 0.15) is 0 Å². The Balaban J connectivity index is 2.66. The minimum absolute atomic E-state index is 0.00725. The molecule has 3 heteroatoms. The maximum Gasteiger partial charge on any atom is 0.252 e. The maximum absolute atomic E-state index is 11.9. The summed E-state index contributed by atoms with van der Waals surface area (Å²) in [5, 5.41) is 2.94. The largest absolute Gasteiger partial charge is 0.352 e. The van der Waals surface area contributed by atoms with Crippen LogP contribution in [0.1, 0.15) is 36.2 Å². The van der Waals surface area contributed by atoms with Crippen molar-refractivity contribution in [2.45, 2.75) is 27.2 Å². The smallest absolute Gasteiger partial charge is 0.252 e. The first-order valence-electron chi connectivity index (χ1n) is 5.59. The molecule has 2 nitrogen and oxygen atoms in total. The van der Waals surface area contributed by atoms with Crippen molar-refractivity contribution in [2.24, 2.45) is 5.92 Å². The molecule has 1 atom stereocenters. The Hall–Kier alpha value is -0.830. The van der Waals surface area contributed by atoms with Gasteiger partial charge >= 0.3 is 0 Å². The standard InChI is InChI=1S/C13H18BrNO/c1-4-9(2)8-15-13(16)11-6-5-10(3)7-12(11)14/h5-7,9H,4,8H2,1-3H3,(H,15,16). The topological polar surface area (TPSA) is 29.1 Å². The van der Waals surface area contributed by atoms with E-state index < -0.39 is 0 Å². The highest BCUT2D eigenvalue weighted by Crippen LogP contribution is 2.18. The molecule has 1 N–H and O–H groups in total. The fraction of sp³-hybridized carbons (Fsp3) is 0.462. The summed E-state index contributed by atoms with van der Waals surface area (Å²) < 4.78 is 0.856. The van der Waals surface area contributed by atoms with E-state index in [0.29, 0.717) is 11.5 Å². The third kappa shape index (κ3) is 3.63. The second-order valence-electron chi connectivity index (χ2n) is 4.21. The molecule has 0 aliphatic heterocycles. The third-order valence-electron chi connectivity index (χ3n) is 2.68. The van der Waals surface area contributed by atoms with Gasteiger partial charge in [-0.1, -0.05) is 26.3 Å². The molecule has 1 aromatic carbocycles. The van der Waals surface area contributed by atoms with E-state index in [4.69, 9.17) is 0 Å². The SMILES string of the molecule is CCC(C)CNC(=O)c1ccc(C)cc1Br. The van der Waals surface area contributed by atoms with Gasteiger partial charge in [0.25, 0.3) is 5.91 Å². The molecule has 0 bridgehead atoms. The van der Waals surface area contributed by atoms with E-state index in [1.165, 1.54) is 0 Å².